The Labute approximate surface area is 204 Å². The first-order valence-electron chi connectivity index (χ1n) is 11.2. The maximum absolute atomic E-state index is 6.14. The van der Waals surface area contributed by atoms with Crippen molar-refractivity contribution in [2.45, 2.75) is 59.1 Å². The zero-order valence-corrected chi connectivity index (χ0v) is 21.8. The Hall–Kier alpha value is -1.61. The second kappa shape index (κ2) is 12.4. The van der Waals surface area contributed by atoms with Gasteiger partial charge >= 0.3 is 0 Å². The first-order valence-corrected chi connectivity index (χ1v) is 11.2. The number of hydrogen-bond acceptors (Lipinski definition) is 3. The summed E-state index contributed by atoms with van der Waals surface area (Å²) in [5, 5.41) is 11.5. The van der Waals surface area contributed by atoms with E-state index < -0.39 is 0 Å². The van der Waals surface area contributed by atoms with E-state index in [9.17, 15) is 0 Å². The van der Waals surface area contributed by atoms with Gasteiger partial charge in [-0.2, -0.15) is 5.10 Å². The highest BCUT2D eigenvalue weighted by Gasteiger charge is 2.27. The number of nitrogens with one attached hydrogen (secondary N) is 2. The van der Waals surface area contributed by atoms with E-state index in [0.29, 0.717) is 5.92 Å². The Morgan fingerprint density at radius 1 is 1.29 bits per heavy atom. The molecule has 0 spiro atoms. The molecule has 3 atom stereocenters. The van der Waals surface area contributed by atoms with Gasteiger partial charge in [0.2, 0.25) is 0 Å². The van der Waals surface area contributed by atoms with Crippen LogP contribution in [0.25, 0.3) is 0 Å². The number of nitrogens with zero attached hydrogens (tertiary/aromatic N) is 3. The standard InChI is InChI=1S/C24H37N5O.HI/c1-6-25-24(27-17(2)15-22-18(3)28-29(5)19(22)4)26-16-21-13-10-14-30-23(21)20-11-8-7-9-12-20;/h7-9,11-12,17,21,23H,6,10,13-16H2,1-5H3,(H2,25,26,27);1H. The number of ether oxygens (including phenoxy) is 1. The number of aromatic nitrogens is 2. The Morgan fingerprint density at radius 3 is 2.68 bits per heavy atom. The van der Waals surface area contributed by atoms with Crippen molar-refractivity contribution in [1.29, 1.82) is 0 Å². The van der Waals surface area contributed by atoms with Crippen molar-refractivity contribution < 1.29 is 4.74 Å². The smallest absolute Gasteiger partial charge is 0.191 e. The summed E-state index contributed by atoms with van der Waals surface area (Å²) in [4.78, 5) is 4.94. The summed E-state index contributed by atoms with van der Waals surface area (Å²) in [6.07, 6.45) is 3.30. The molecule has 2 heterocycles. The summed E-state index contributed by atoms with van der Waals surface area (Å²) in [7, 11) is 2.00. The average molecular weight is 540 g/mol. The molecule has 1 aromatic heterocycles. The second-order valence-corrected chi connectivity index (χ2v) is 8.35. The van der Waals surface area contributed by atoms with E-state index in [2.05, 4.69) is 73.8 Å². The molecule has 0 radical (unpaired) electrons. The predicted octanol–water partition coefficient (Wildman–Crippen LogP) is 4.31. The highest BCUT2D eigenvalue weighted by atomic mass is 127. The van der Waals surface area contributed by atoms with Crippen molar-refractivity contribution >= 4 is 29.9 Å². The molecule has 3 rings (SSSR count). The van der Waals surface area contributed by atoms with Gasteiger partial charge in [-0.15, -0.1) is 24.0 Å². The van der Waals surface area contributed by atoms with E-state index in [-0.39, 0.29) is 36.1 Å². The van der Waals surface area contributed by atoms with Crippen molar-refractivity contribution in [3.63, 3.8) is 0 Å². The zero-order chi connectivity index (χ0) is 21.5. The summed E-state index contributed by atoms with van der Waals surface area (Å²) < 4.78 is 8.10. The molecule has 31 heavy (non-hydrogen) atoms. The molecule has 1 aliphatic heterocycles. The largest absolute Gasteiger partial charge is 0.373 e. The Bertz CT molecular complexity index is 836. The number of benzene rings is 1. The summed E-state index contributed by atoms with van der Waals surface area (Å²) >= 11 is 0. The molecule has 172 valence electrons. The summed E-state index contributed by atoms with van der Waals surface area (Å²) in [5.74, 6) is 1.27. The van der Waals surface area contributed by atoms with Crippen molar-refractivity contribution in [1.82, 2.24) is 20.4 Å². The SMILES string of the molecule is CCNC(=NCC1CCCOC1c1ccccc1)NC(C)Cc1c(C)nn(C)c1C.I. The first-order chi connectivity index (χ1) is 14.5. The minimum Gasteiger partial charge on any atom is -0.373 e. The normalized spacial score (nSPS) is 20.1. The number of rotatable bonds is 7. The van der Waals surface area contributed by atoms with Crippen molar-refractivity contribution in [3.8, 4) is 0 Å². The number of halogens is 1. The fourth-order valence-electron chi connectivity index (χ4n) is 4.27. The lowest BCUT2D eigenvalue weighted by molar-refractivity contribution is -0.0250. The molecule has 0 bridgehead atoms. The molecular formula is C24H38IN5O. The molecule has 6 nitrogen and oxygen atoms in total. The molecule has 1 aliphatic rings. The van der Waals surface area contributed by atoms with Crippen LogP contribution in [0.15, 0.2) is 35.3 Å². The van der Waals surface area contributed by atoms with E-state index in [1.807, 2.05) is 11.7 Å². The Kier molecular flexibility index (Phi) is 10.3. The Morgan fingerprint density at radius 2 is 2.03 bits per heavy atom. The summed E-state index contributed by atoms with van der Waals surface area (Å²) in [6, 6.07) is 10.8. The molecule has 0 aliphatic carbocycles. The third-order valence-corrected chi connectivity index (χ3v) is 5.95. The lowest BCUT2D eigenvalue weighted by Crippen LogP contribution is -2.43. The summed E-state index contributed by atoms with van der Waals surface area (Å²) in [5.41, 5.74) is 4.91. The fraction of sp³-hybridized carbons (Fsp3) is 0.583. The molecule has 0 saturated carbocycles. The number of aliphatic imine (C=N–C) groups is 1. The highest BCUT2D eigenvalue weighted by Crippen LogP contribution is 2.33. The number of hydrogen-bond donors (Lipinski definition) is 2. The third kappa shape index (κ3) is 6.94. The minimum absolute atomic E-state index is 0. The first kappa shape index (κ1) is 25.6. The van der Waals surface area contributed by atoms with Gasteiger partial charge < -0.3 is 15.4 Å². The van der Waals surface area contributed by atoms with Gasteiger partial charge in [-0.1, -0.05) is 30.3 Å². The average Bonchev–Trinajstić information content (AvgIpc) is 2.99. The van der Waals surface area contributed by atoms with Gasteiger partial charge in [0, 0.05) is 44.4 Å². The maximum Gasteiger partial charge on any atom is 0.191 e. The van der Waals surface area contributed by atoms with Crippen LogP contribution in [0, 0.1) is 19.8 Å². The molecule has 1 saturated heterocycles. The lowest BCUT2D eigenvalue weighted by atomic mass is 9.89. The van der Waals surface area contributed by atoms with E-state index >= 15 is 0 Å². The van der Waals surface area contributed by atoms with E-state index in [1.54, 1.807) is 0 Å². The van der Waals surface area contributed by atoms with Gasteiger partial charge in [0.15, 0.2) is 5.96 Å². The van der Waals surface area contributed by atoms with Gasteiger partial charge in [0.25, 0.3) is 0 Å². The molecule has 3 unspecified atom stereocenters. The molecule has 2 aromatic rings. The van der Waals surface area contributed by atoms with Crippen molar-refractivity contribution in [3.05, 3.63) is 52.8 Å². The molecule has 1 aromatic carbocycles. The van der Waals surface area contributed by atoms with E-state index in [0.717, 1.165) is 50.6 Å². The van der Waals surface area contributed by atoms with Crippen molar-refractivity contribution in [2.24, 2.45) is 18.0 Å². The molecular weight excluding hydrogens is 501 g/mol. The minimum atomic E-state index is 0. The van der Waals surface area contributed by atoms with Crippen LogP contribution in [0.4, 0.5) is 0 Å². The van der Waals surface area contributed by atoms with E-state index in [1.165, 1.54) is 16.8 Å². The zero-order valence-electron chi connectivity index (χ0n) is 19.5. The van der Waals surface area contributed by atoms with Gasteiger partial charge in [0.1, 0.15) is 0 Å². The molecule has 2 N–H and O–H groups in total. The lowest BCUT2D eigenvalue weighted by Gasteiger charge is -2.31. The second-order valence-electron chi connectivity index (χ2n) is 8.35. The van der Waals surface area contributed by atoms with Crippen molar-refractivity contribution in [2.75, 3.05) is 19.7 Å². The molecule has 7 heteroatoms. The predicted molar refractivity (Wildman–Crippen MR) is 138 cm³/mol. The quantitative estimate of drug-likeness (QED) is 0.313. The summed E-state index contributed by atoms with van der Waals surface area (Å²) in [6.45, 7) is 11.0. The van der Waals surface area contributed by atoms with Crippen LogP contribution in [0.3, 0.4) is 0 Å². The van der Waals surface area contributed by atoms with Gasteiger partial charge in [0.05, 0.1) is 11.8 Å². The van der Waals surface area contributed by atoms with Gasteiger partial charge in [-0.25, -0.2) is 0 Å². The molecule has 1 fully saturated rings. The van der Waals surface area contributed by atoms with Crippen LogP contribution in [-0.2, 0) is 18.2 Å². The topological polar surface area (TPSA) is 63.5 Å². The van der Waals surface area contributed by atoms with Gasteiger partial charge in [-0.3, -0.25) is 9.67 Å². The Balaban J connectivity index is 0.00000341. The monoisotopic (exact) mass is 539 g/mol. The maximum atomic E-state index is 6.14. The fourth-order valence-corrected chi connectivity index (χ4v) is 4.27. The third-order valence-electron chi connectivity index (χ3n) is 5.95. The van der Waals surface area contributed by atoms with E-state index in [4.69, 9.17) is 9.73 Å². The van der Waals surface area contributed by atoms with Crippen LogP contribution in [0.1, 0.15) is 55.3 Å². The van der Waals surface area contributed by atoms with Crippen LogP contribution >= 0.6 is 24.0 Å². The molecule has 0 amide bonds. The number of aryl methyl sites for hydroxylation is 2. The van der Waals surface area contributed by atoms with Gasteiger partial charge in [-0.05, 0) is 58.1 Å². The number of guanidine groups is 1. The van der Waals surface area contributed by atoms with Crippen LogP contribution < -0.4 is 10.6 Å². The van der Waals surface area contributed by atoms with Crippen LogP contribution in [0.2, 0.25) is 0 Å². The highest BCUT2D eigenvalue weighted by molar-refractivity contribution is 14.0. The van der Waals surface area contributed by atoms with Crippen LogP contribution in [0.5, 0.6) is 0 Å². The van der Waals surface area contributed by atoms with Crippen LogP contribution in [-0.4, -0.2) is 41.5 Å².